The van der Waals surface area contributed by atoms with Crippen LogP contribution >= 0.6 is 23.4 Å². The molecule has 0 spiro atoms. The smallest absolute Gasteiger partial charge is 0.229 e. The Labute approximate surface area is 124 Å². The molecule has 19 heavy (non-hydrogen) atoms. The summed E-state index contributed by atoms with van der Waals surface area (Å²) in [6.07, 6.45) is 5.41. The molecule has 1 aromatic carbocycles. The van der Waals surface area contributed by atoms with E-state index in [2.05, 4.69) is 16.3 Å². The zero-order chi connectivity index (χ0) is 14.3. The van der Waals surface area contributed by atoms with Gasteiger partial charge in [0.15, 0.2) is 0 Å². The van der Waals surface area contributed by atoms with Gasteiger partial charge in [-0.05, 0) is 43.0 Å². The Morgan fingerprint density at radius 1 is 1.32 bits per heavy atom. The molecule has 0 aliphatic heterocycles. The Hall–Kier alpha value is -0.590. The highest BCUT2D eigenvalue weighted by Crippen LogP contribution is 2.26. The van der Waals surface area contributed by atoms with Crippen molar-refractivity contribution in [1.82, 2.24) is 0 Å². The number of hydrogen-bond donors (Lipinski definition) is 2. The molecule has 0 unspecified atom stereocenters. The van der Waals surface area contributed by atoms with Gasteiger partial charge in [0.25, 0.3) is 0 Å². The summed E-state index contributed by atoms with van der Waals surface area (Å²) < 4.78 is 24.8. The average Bonchev–Trinajstić information content (AvgIpc) is 2.31. The average molecular weight is 323 g/mol. The highest BCUT2D eigenvalue weighted by molar-refractivity contribution is 7.98. The van der Waals surface area contributed by atoms with Gasteiger partial charge in [-0.25, -0.2) is 8.42 Å². The van der Waals surface area contributed by atoms with Crippen molar-refractivity contribution in [3.63, 3.8) is 0 Å². The Morgan fingerprint density at radius 2 is 2.05 bits per heavy atom. The number of benzene rings is 1. The second-order valence-electron chi connectivity index (χ2n) is 4.20. The minimum Gasteiger partial charge on any atom is -0.384 e. The molecule has 0 amide bonds. The van der Waals surface area contributed by atoms with Crippen molar-refractivity contribution >= 4 is 44.8 Å². The van der Waals surface area contributed by atoms with E-state index in [0.29, 0.717) is 10.7 Å². The molecule has 0 atom stereocenters. The SMILES string of the molecule is CSCCCCNc1cc(NS(C)(=O)=O)ccc1Cl. The van der Waals surface area contributed by atoms with Crippen molar-refractivity contribution in [1.29, 1.82) is 0 Å². The Morgan fingerprint density at radius 3 is 2.68 bits per heavy atom. The van der Waals surface area contributed by atoms with E-state index in [9.17, 15) is 8.42 Å². The Kier molecular flexibility index (Phi) is 6.82. The van der Waals surface area contributed by atoms with Crippen LogP contribution in [-0.2, 0) is 10.0 Å². The fourth-order valence-electron chi connectivity index (χ4n) is 1.53. The van der Waals surface area contributed by atoms with Crippen LogP contribution in [0.5, 0.6) is 0 Å². The lowest BCUT2D eigenvalue weighted by molar-refractivity contribution is 0.607. The summed E-state index contributed by atoms with van der Waals surface area (Å²) in [6, 6.07) is 5.03. The van der Waals surface area contributed by atoms with Gasteiger partial charge in [0.05, 0.1) is 22.7 Å². The van der Waals surface area contributed by atoms with Crippen LogP contribution in [0.2, 0.25) is 5.02 Å². The molecular weight excluding hydrogens is 304 g/mol. The molecule has 0 bridgehead atoms. The Bertz CT molecular complexity index is 506. The molecule has 0 heterocycles. The van der Waals surface area contributed by atoms with Gasteiger partial charge in [-0.15, -0.1) is 0 Å². The van der Waals surface area contributed by atoms with Crippen LogP contribution in [0, 0.1) is 0 Å². The van der Waals surface area contributed by atoms with Gasteiger partial charge in [0.2, 0.25) is 10.0 Å². The molecule has 0 aromatic heterocycles. The van der Waals surface area contributed by atoms with Crippen molar-refractivity contribution in [2.45, 2.75) is 12.8 Å². The number of halogens is 1. The van der Waals surface area contributed by atoms with Crippen molar-refractivity contribution < 1.29 is 8.42 Å². The fourth-order valence-corrected chi connectivity index (χ4v) is 2.77. The molecule has 108 valence electrons. The molecule has 7 heteroatoms. The van der Waals surface area contributed by atoms with E-state index in [1.165, 1.54) is 0 Å². The van der Waals surface area contributed by atoms with Crippen LogP contribution in [0.3, 0.4) is 0 Å². The topological polar surface area (TPSA) is 58.2 Å². The molecule has 0 radical (unpaired) electrons. The first-order valence-corrected chi connectivity index (χ1v) is 9.59. The van der Waals surface area contributed by atoms with E-state index in [4.69, 9.17) is 11.6 Å². The molecule has 1 aromatic rings. The van der Waals surface area contributed by atoms with Gasteiger partial charge in [-0.3, -0.25) is 4.72 Å². The summed E-state index contributed by atoms with van der Waals surface area (Å²) in [6.45, 7) is 0.822. The lowest BCUT2D eigenvalue weighted by atomic mass is 10.2. The Balaban J connectivity index is 2.59. The zero-order valence-corrected chi connectivity index (χ0v) is 13.5. The number of hydrogen-bond acceptors (Lipinski definition) is 4. The fraction of sp³-hybridized carbons (Fsp3) is 0.500. The molecular formula is C12H19ClN2O2S2. The van der Waals surface area contributed by atoms with Gasteiger partial charge in [-0.1, -0.05) is 11.6 Å². The number of unbranched alkanes of at least 4 members (excludes halogenated alkanes) is 1. The molecule has 0 aliphatic carbocycles. The standard InChI is InChI=1S/C12H19ClN2O2S2/c1-18-8-4-3-7-14-12-9-10(5-6-11(12)13)15-19(2,16)17/h5-6,9,14-15H,3-4,7-8H2,1-2H3. The van der Waals surface area contributed by atoms with Crippen LogP contribution in [0.4, 0.5) is 11.4 Å². The third-order valence-corrected chi connectivity index (χ3v) is 3.99. The van der Waals surface area contributed by atoms with Crippen LogP contribution in [0.25, 0.3) is 0 Å². The molecule has 0 saturated carbocycles. The minimum absolute atomic E-state index is 0.513. The lowest BCUT2D eigenvalue weighted by Gasteiger charge is -2.11. The first-order chi connectivity index (χ1) is 8.92. The quantitative estimate of drug-likeness (QED) is 0.721. The van der Waals surface area contributed by atoms with Crippen molar-refractivity contribution in [3.05, 3.63) is 23.2 Å². The lowest BCUT2D eigenvalue weighted by Crippen LogP contribution is -2.10. The number of sulfonamides is 1. The van der Waals surface area contributed by atoms with E-state index in [0.717, 1.165) is 37.1 Å². The van der Waals surface area contributed by atoms with Crippen LogP contribution in [0.15, 0.2) is 18.2 Å². The number of nitrogens with one attached hydrogen (secondary N) is 2. The number of rotatable bonds is 8. The van der Waals surface area contributed by atoms with E-state index in [1.807, 2.05) is 11.8 Å². The van der Waals surface area contributed by atoms with Gasteiger partial charge in [0.1, 0.15) is 0 Å². The summed E-state index contributed by atoms with van der Waals surface area (Å²) in [5, 5.41) is 3.81. The van der Waals surface area contributed by atoms with Crippen molar-refractivity contribution in [2.75, 3.05) is 34.8 Å². The summed E-state index contributed by atoms with van der Waals surface area (Å²) in [7, 11) is -3.26. The monoisotopic (exact) mass is 322 g/mol. The first kappa shape index (κ1) is 16.5. The maximum absolute atomic E-state index is 11.2. The van der Waals surface area contributed by atoms with Gasteiger partial charge < -0.3 is 5.32 Å². The summed E-state index contributed by atoms with van der Waals surface area (Å²) in [5.41, 5.74) is 1.26. The van der Waals surface area contributed by atoms with Crippen LogP contribution in [0.1, 0.15) is 12.8 Å². The van der Waals surface area contributed by atoms with E-state index >= 15 is 0 Å². The summed E-state index contributed by atoms with van der Waals surface area (Å²) in [5.74, 6) is 1.14. The second-order valence-corrected chi connectivity index (χ2v) is 7.34. The van der Waals surface area contributed by atoms with E-state index in [-0.39, 0.29) is 0 Å². The largest absolute Gasteiger partial charge is 0.384 e. The molecule has 1 rings (SSSR count). The second kappa shape index (κ2) is 7.87. The summed E-state index contributed by atoms with van der Waals surface area (Å²) >= 11 is 7.89. The zero-order valence-electron chi connectivity index (χ0n) is 11.1. The normalized spacial score (nSPS) is 11.3. The van der Waals surface area contributed by atoms with E-state index < -0.39 is 10.0 Å². The maximum atomic E-state index is 11.2. The third kappa shape index (κ3) is 6.94. The molecule has 0 fully saturated rings. The van der Waals surface area contributed by atoms with Crippen molar-refractivity contribution in [2.24, 2.45) is 0 Å². The van der Waals surface area contributed by atoms with Gasteiger partial charge in [0, 0.05) is 6.54 Å². The molecule has 4 nitrogen and oxygen atoms in total. The predicted molar refractivity (Wildman–Crippen MR) is 86.0 cm³/mol. The van der Waals surface area contributed by atoms with Gasteiger partial charge >= 0.3 is 0 Å². The van der Waals surface area contributed by atoms with Crippen molar-refractivity contribution in [3.8, 4) is 0 Å². The number of thioether (sulfide) groups is 1. The third-order valence-electron chi connectivity index (χ3n) is 2.36. The molecule has 0 aliphatic rings. The predicted octanol–water partition coefficient (Wildman–Crippen LogP) is 3.27. The van der Waals surface area contributed by atoms with Crippen LogP contribution < -0.4 is 10.0 Å². The molecule has 0 saturated heterocycles. The highest BCUT2D eigenvalue weighted by Gasteiger charge is 2.05. The minimum atomic E-state index is -3.26. The van der Waals surface area contributed by atoms with E-state index in [1.54, 1.807) is 18.2 Å². The highest BCUT2D eigenvalue weighted by atomic mass is 35.5. The maximum Gasteiger partial charge on any atom is 0.229 e. The number of anilines is 2. The summed E-state index contributed by atoms with van der Waals surface area (Å²) in [4.78, 5) is 0. The van der Waals surface area contributed by atoms with Gasteiger partial charge in [-0.2, -0.15) is 11.8 Å². The molecule has 2 N–H and O–H groups in total. The first-order valence-electron chi connectivity index (χ1n) is 5.92. The van der Waals surface area contributed by atoms with Crippen LogP contribution in [-0.4, -0.2) is 33.2 Å².